The van der Waals surface area contributed by atoms with Crippen molar-refractivity contribution in [1.82, 2.24) is 4.90 Å². The van der Waals surface area contributed by atoms with Gasteiger partial charge in [-0.3, -0.25) is 9.69 Å². The predicted molar refractivity (Wildman–Crippen MR) is 118 cm³/mol. The van der Waals surface area contributed by atoms with E-state index in [1.54, 1.807) is 0 Å². The Labute approximate surface area is 176 Å². The highest BCUT2D eigenvalue weighted by Crippen LogP contribution is 2.34. The lowest BCUT2D eigenvalue weighted by Crippen LogP contribution is -2.49. The number of benzene rings is 3. The molecule has 0 spiro atoms. The number of carboxylic acids is 1. The molecule has 0 atom stereocenters. The van der Waals surface area contributed by atoms with E-state index in [1.165, 1.54) is 16.7 Å². The summed E-state index contributed by atoms with van der Waals surface area (Å²) in [5.74, 6) is 0.0111. The third kappa shape index (κ3) is 3.74. The molecule has 0 unspecified atom stereocenters. The summed E-state index contributed by atoms with van der Waals surface area (Å²) in [6, 6.07) is 25.2. The number of aliphatic carboxylic acids is 1. The molecule has 1 fully saturated rings. The molecule has 1 N–H and O–H groups in total. The molecule has 0 saturated carbocycles. The molecular formula is C26H23NO3. The van der Waals surface area contributed by atoms with Crippen molar-refractivity contribution >= 4 is 17.6 Å². The third-order valence-corrected chi connectivity index (χ3v) is 5.87. The van der Waals surface area contributed by atoms with E-state index >= 15 is 0 Å². The Bertz CT molecular complexity index is 1100. The summed E-state index contributed by atoms with van der Waals surface area (Å²) in [6.07, 6.45) is 2.22. The van der Waals surface area contributed by atoms with Crippen LogP contribution in [-0.4, -0.2) is 35.7 Å². The van der Waals surface area contributed by atoms with Gasteiger partial charge in [0.15, 0.2) is 0 Å². The van der Waals surface area contributed by atoms with Crippen LogP contribution >= 0.6 is 0 Å². The first kappa shape index (κ1) is 18.6. The van der Waals surface area contributed by atoms with Crippen LogP contribution in [-0.2, 0) is 11.3 Å². The number of fused-ring (bicyclic) bond motifs is 1. The molecule has 1 saturated heterocycles. The smallest absolute Gasteiger partial charge is 0.309 e. The van der Waals surface area contributed by atoms with Gasteiger partial charge in [0.05, 0.1) is 5.92 Å². The van der Waals surface area contributed by atoms with Crippen LogP contribution in [0.5, 0.6) is 5.75 Å². The summed E-state index contributed by atoms with van der Waals surface area (Å²) in [7, 11) is 0. The van der Waals surface area contributed by atoms with Crippen molar-refractivity contribution in [3.05, 3.63) is 89.5 Å². The predicted octanol–water partition coefficient (Wildman–Crippen LogP) is 4.80. The van der Waals surface area contributed by atoms with Crippen LogP contribution in [0.4, 0.5) is 0 Å². The molecule has 2 aliphatic rings. The number of ether oxygens (including phenoxy) is 1. The van der Waals surface area contributed by atoms with Crippen LogP contribution < -0.4 is 4.74 Å². The lowest BCUT2D eigenvalue weighted by molar-refractivity contribution is -0.147. The van der Waals surface area contributed by atoms with Crippen LogP contribution in [0, 0.1) is 5.92 Å². The maximum atomic E-state index is 10.9. The second kappa shape index (κ2) is 7.81. The number of rotatable bonds is 5. The highest BCUT2D eigenvalue weighted by molar-refractivity contribution is 5.87. The number of likely N-dealkylation sites (tertiary alicyclic amines) is 1. The molecule has 150 valence electrons. The van der Waals surface area contributed by atoms with Crippen molar-refractivity contribution in [2.45, 2.75) is 6.54 Å². The highest BCUT2D eigenvalue weighted by Gasteiger charge is 2.32. The Kier molecular flexibility index (Phi) is 4.85. The topological polar surface area (TPSA) is 49.8 Å². The number of carbonyl (C=O) groups is 1. The van der Waals surface area contributed by atoms with E-state index in [0.717, 1.165) is 29.0 Å². The van der Waals surface area contributed by atoms with E-state index in [2.05, 4.69) is 71.6 Å². The molecule has 0 bridgehead atoms. The lowest BCUT2D eigenvalue weighted by atomic mass is 9.96. The van der Waals surface area contributed by atoms with Gasteiger partial charge in [0.1, 0.15) is 12.4 Å². The number of hydrogen-bond acceptors (Lipinski definition) is 3. The van der Waals surface area contributed by atoms with Crippen molar-refractivity contribution in [2.75, 3.05) is 19.7 Å². The number of hydrogen-bond donors (Lipinski definition) is 1. The molecule has 4 heteroatoms. The minimum Gasteiger partial charge on any atom is -0.488 e. The normalized spacial score (nSPS) is 16.2. The maximum absolute atomic E-state index is 10.9. The van der Waals surface area contributed by atoms with Crippen molar-refractivity contribution in [3.63, 3.8) is 0 Å². The third-order valence-electron chi connectivity index (χ3n) is 5.87. The first-order chi connectivity index (χ1) is 14.7. The van der Waals surface area contributed by atoms with Gasteiger partial charge < -0.3 is 9.84 Å². The molecule has 30 heavy (non-hydrogen) atoms. The summed E-state index contributed by atoms with van der Waals surface area (Å²) in [6.45, 7) is 2.62. The first-order valence-electron chi connectivity index (χ1n) is 10.2. The number of nitrogens with zero attached hydrogens (tertiary/aromatic N) is 1. The quantitative estimate of drug-likeness (QED) is 0.672. The minimum absolute atomic E-state index is 0.213. The van der Waals surface area contributed by atoms with Crippen LogP contribution in [0.15, 0.2) is 72.8 Å². The summed E-state index contributed by atoms with van der Waals surface area (Å²) in [4.78, 5) is 13.1. The van der Waals surface area contributed by atoms with Crippen LogP contribution in [0.2, 0.25) is 0 Å². The fourth-order valence-electron chi connectivity index (χ4n) is 4.09. The molecule has 0 radical (unpaired) electrons. The Morgan fingerprint density at radius 3 is 2.40 bits per heavy atom. The fraction of sp³-hybridized carbons (Fsp3) is 0.192. The number of carboxylic acid groups (broad SMARTS) is 1. The Balaban J connectivity index is 1.32. The van der Waals surface area contributed by atoms with E-state index < -0.39 is 5.97 Å². The fourth-order valence-corrected chi connectivity index (χ4v) is 4.09. The van der Waals surface area contributed by atoms with E-state index in [9.17, 15) is 4.79 Å². The zero-order chi connectivity index (χ0) is 20.5. The zero-order valence-electron chi connectivity index (χ0n) is 16.6. The molecule has 2 aliphatic heterocycles. The summed E-state index contributed by atoms with van der Waals surface area (Å²) >= 11 is 0. The van der Waals surface area contributed by atoms with Gasteiger partial charge in [-0.1, -0.05) is 60.7 Å². The van der Waals surface area contributed by atoms with E-state index in [1.807, 2.05) is 12.1 Å². The van der Waals surface area contributed by atoms with Gasteiger partial charge in [0.2, 0.25) is 0 Å². The van der Waals surface area contributed by atoms with Crippen LogP contribution in [0.3, 0.4) is 0 Å². The van der Waals surface area contributed by atoms with Gasteiger partial charge in [0.25, 0.3) is 0 Å². The Morgan fingerprint density at radius 1 is 0.933 bits per heavy atom. The largest absolute Gasteiger partial charge is 0.488 e. The molecule has 5 rings (SSSR count). The van der Waals surface area contributed by atoms with Gasteiger partial charge in [0, 0.05) is 25.2 Å². The summed E-state index contributed by atoms with van der Waals surface area (Å²) in [5, 5.41) is 9.00. The zero-order valence-corrected chi connectivity index (χ0v) is 16.6. The van der Waals surface area contributed by atoms with Gasteiger partial charge in [-0.15, -0.1) is 0 Å². The summed E-state index contributed by atoms with van der Waals surface area (Å²) < 4.78 is 6.00. The molecule has 3 aromatic rings. The SMILES string of the molecule is O=C(O)C1CN(Cc2ccc(C3=Cc4cc(-c5ccccc5)ccc4OC3)cc2)C1. The standard InChI is InChI=1S/C26H23NO3/c28-26(29)24-15-27(16-24)14-18-6-8-20(9-7-18)23-13-22-12-21(10-11-25(22)30-17-23)19-4-2-1-3-5-19/h1-13,24H,14-17H2,(H,28,29). The molecular weight excluding hydrogens is 374 g/mol. The van der Waals surface area contributed by atoms with Crippen molar-refractivity contribution in [1.29, 1.82) is 0 Å². The molecule has 2 heterocycles. The second-order valence-corrected chi connectivity index (χ2v) is 8.00. The van der Waals surface area contributed by atoms with Gasteiger partial charge in [-0.25, -0.2) is 0 Å². The summed E-state index contributed by atoms with van der Waals surface area (Å²) in [5.41, 5.74) is 6.99. The molecule has 0 aliphatic carbocycles. The van der Waals surface area contributed by atoms with Gasteiger partial charge in [-0.2, -0.15) is 0 Å². The van der Waals surface area contributed by atoms with E-state index in [-0.39, 0.29) is 5.92 Å². The highest BCUT2D eigenvalue weighted by atomic mass is 16.5. The molecule has 3 aromatic carbocycles. The molecule has 0 aromatic heterocycles. The van der Waals surface area contributed by atoms with Crippen molar-refractivity contribution in [3.8, 4) is 16.9 Å². The van der Waals surface area contributed by atoms with Crippen molar-refractivity contribution in [2.24, 2.45) is 5.92 Å². The molecule has 4 nitrogen and oxygen atoms in total. The van der Waals surface area contributed by atoms with Gasteiger partial charge in [-0.05, 0) is 46.0 Å². The van der Waals surface area contributed by atoms with E-state index in [0.29, 0.717) is 19.7 Å². The first-order valence-corrected chi connectivity index (χ1v) is 10.2. The van der Waals surface area contributed by atoms with Crippen LogP contribution in [0.1, 0.15) is 16.7 Å². The van der Waals surface area contributed by atoms with E-state index in [4.69, 9.17) is 9.84 Å². The van der Waals surface area contributed by atoms with Crippen LogP contribution in [0.25, 0.3) is 22.8 Å². The monoisotopic (exact) mass is 397 g/mol. The Hall–Kier alpha value is -3.37. The van der Waals surface area contributed by atoms with Crippen molar-refractivity contribution < 1.29 is 14.6 Å². The van der Waals surface area contributed by atoms with Gasteiger partial charge >= 0.3 is 5.97 Å². The maximum Gasteiger partial charge on any atom is 0.309 e. The Morgan fingerprint density at radius 2 is 1.67 bits per heavy atom. The second-order valence-electron chi connectivity index (χ2n) is 8.00. The lowest BCUT2D eigenvalue weighted by Gasteiger charge is -2.36. The molecule has 0 amide bonds. The minimum atomic E-state index is -0.693. The average Bonchev–Trinajstić information content (AvgIpc) is 2.76. The average molecular weight is 397 g/mol.